The summed E-state index contributed by atoms with van der Waals surface area (Å²) in [5.74, 6) is -0.362. The van der Waals surface area contributed by atoms with Crippen LogP contribution in [0.5, 0.6) is 0 Å². The van der Waals surface area contributed by atoms with Gasteiger partial charge in [0.1, 0.15) is 11.5 Å². The van der Waals surface area contributed by atoms with Crippen LogP contribution in [0.25, 0.3) is 11.3 Å². The Morgan fingerprint density at radius 2 is 2.00 bits per heavy atom. The van der Waals surface area contributed by atoms with Crippen LogP contribution in [0.4, 0.5) is 4.39 Å². The minimum Gasteiger partial charge on any atom is -0.381 e. The second-order valence-electron chi connectivity index (χ2n) is 7.17. The monoisotopic (exact) mass is 414 g/mol. The summed E-state index contributed by atoms with van der Waals surface area (Å²) in [6.07, 6.45) is 2.27. The molecule has 0 N–H and O–H groups in total. The maximum Gasteiger partial charge on any atom is 0.124 e. The quantitative estimate of drug-likeness (QED) is 0.755. The average molecular weight is 415 g/mol. The van der Waals surface area contributed by atoms with E-state index in [-0.39, 0.29) is 30.4 Å². The van der Waals surface area contributed by atoms with E-state index in [1.54, 1.807) is 6.07 Å². The van der Waals surface area contributed by atoms with Crippen LogP contribution in [0.1, 0.15) is 24.6 Å². The number of likely N-dealkylation sites (tertiary alicyclic amines) is 1. The molecule has 5 rings (SSSR count). The van der Waals surface area contributed by atoms with E-state index >= 15 is 0 Å². The summed E-state index contributed by atoms with van der Waals surface area (Å²) in [5, 5.41) is 9.08. The van der Waals surface area contributed by atoms with Crippen LogP contribution >= 0.6 is 24.0 Å². The predicted molar refractivity (Wildman–Crippen MR) is 101 cm³/mol. The third-order valence-corrected chi connectivity index (χ3v) is 6.01. The highest BCUT2D eigenvalue weighted by Crippen LogP contribution is 2.37. The van der Waals surface area contributed by atoms with Gasteiger partial charge in [0.05, 0.1) is 29.5 Å². The van der Waals surface area contributed by atoms with Gasteiger partial charge in [-0.1, -0.05) is 16.8 Å². The molecule has 0 bridgehead atoms. The van der Waals surface area contributed by atoms with Crippen molar-refractivity contribution in [3.8, 4) is 11.3 Å². The number of fused-ring (bicyclic) bond motifs is 3. The van der Waals surface area contributed by atoms with Crippen molar-refractivity contribution >= 4 is 24.0 Å². The standard InChI is InChI=1S/C18H20ClFN4O2.ClH/c19-14-7-11(20)1-2-13(14)18-16-10-26-17-9-23(12-3-5-25-6-4-12)8-15(17)24(16)22-21-18;/h1-2,7,12,15,17H,3-6,8-10H2;1H/t15-,17-;/m0./s1. The fraction of sp³-hybridized carbons (Fsp3) is 0.556. The van der Waals surface area contributed by atoms with Crippen LogP contribution in [0.15, 0.2) is 18.2 Å². The van der Waals surface area contributed by atoms with Crippen molar-refractivity contribution in [1.29, 1.82) is 0 Å². The summed E-state index contributed by atoms with van der Waals surface area (Å²) in [6, 6.07) is 5.05. The molecule has 1 aromatic heterocycles. The zero-order chi connectivity index (χ0) is 17.7. The third-order valence-electron chi connectivity index (χ3n) is 5.70. The van der Waals surface area contributed by atoms with Crippen LogP contribution in [0.2, 0.25) is 5.02 Å². The molecule has 3 aliphatic rings. The number of aromatic nitrogens is 3. The van der Waals surface area contributed by atoms with Gasteiger partial charge in [-0.25, -0.2) is 9.07 Å². The number of rotatable bonds is 2. The fourth-order valence-corrected chi connectivity index (χ4v) is 4.58. The Balaban J connectivity index is 0.00000180. The first-order valence-electron chi connectivity index (χ1n) is 9.03. The van der Waals surface area contributed by atoms with E-state index in [0.717, 1.165) is 44.8 Å². The van der Waals surface area contributed by atoms with Gasteiger partial charge >= 0.3 is 0 Å². The molecule has 0 aliphatic carbocycles. The lowest BCUT2D eigenvalue weighted by atomic mass is 10.1. The molecule has 2 saturated heterocycles. The van der Waals surface area contributed by atoms with Crippen LogP contribution in [-0.2, 0) is 16.1 Å². The second kappa shape index (κ2) is 7.64. The Morgan fingerprint density at radius 3 is 2.78 bits per heavy atom. The Kier molecular flexibility index (Phi) is 5.40. The van der Waals surface area contributed by atoms with Gasteiger partial charge in [-0.15, -0.1) is 17.5 Å². The van der Waals surface area contributed by atoms with Crippen molar-refractivity contribution in [3.63, 3.8) is 0 Å². The van der Waals surface area contributed by atoms with E-state index in [9.17, 15) is 4.39 Å². The first kappa shape index (κ1) is 19.1. The largest absolute Gasteiger partial charge is 0.381 e. The van der Waals surface area contributed by atoms with Crippen LogP contribution in [0.3, 0.4) is 0 Å². The summed E-state index contributed by atoms with van der Waals surface area (Å²) in [5.41, 5.74) is 2.28. The third kappa shape index (κ3) is 3.36. The van der Waals surface area contributed by atoms with Crippen molar-refractivity contribution in [2.24, 2.45) is 0 Å². The lowest BCUT2D eigenvalue weighted by Gasteiger charge is -2.30. The van der Waals surface area contributed by atoms with Gasteiger partial charge in [0.25, 0.3) is 0 Å². The minimum atomic E-state index is -0.362. The number of hydrogen-bond acceptors (Lipinski definition) is 5. The Morgan fingerprint density at radius 1 is 1.19 bits per heavy atom. The van der Waals surface area contributed by atoms with Gasteiger partial charge in [-0.2, -0.15) is 0 Å². The Bertz CT molecular complexity index is 828. The number of ether oxygens (including phenoxy) is 2. The molecule has 146 valence electrons. The molecule has 2 aromatic rings. The molecule has 0 amide bonds. The molecule has 1 aromatic carbocycles. The number of benzene rings is 1. The smallest absolute Gasteiger partial charge is 0.124 e. The summed E-state index contributed by atoms with van der Waals surface area (Å²) >= 11 is 6.22. The lowest BCUT2D eigenvalue weighted by molar-refractivity contribution is -0.00870. The van der Waals surface area contributed by atoms with Crippen LogP contribution in [-0.4, -0.2) is 58.3 Å². The molecule has 2 atom stereocenters. The first-order chi connectivity index (χ1) is 12.7. The van der Waals surface area contributed by atoms with E-state index in [1.807, 2.05) is 4.68 Å². The van der Waals surface area contributed by atoms with E-state index in [2.05, 4.69) is 15.2 Å². The van der Waals surface area contributed by atoms with Crippen molar-refractivity contribution in [3.05, 3.63) is 34.7 Å². The van der Waals surface area contributed by atoms with Gasteiger partial charge in [0.2, 0.25) is 0 Å². The number of hydrogen-bond donors (Lipinski definition) is 0. The Labute approximate surface area is 168 Å². The molecule has 0 saturated carbocycles. The van der Waals surface area contributed by atoms with Gasteiger partial charge in [-0.05, 0) is 31.0 Å². The van der Waals surface area contributed by atoms with Gasteiger partial charge in [-0.3, -0.25) is 4.90 Å². The lowest BCUT2D eigenvalue weighted by Crippen LogP contribution is -2.38. The van der Waals surface area contributed by atoms with Gasteiger partial charge in [0, 0.05) is 37.9 Å². The topological polar surface area (TPSA) is 52.4 Å². The molecule has 2 fully saturated rings. The first-order valence-corrected chi connectivity index (χ1v) is 9.41. The Hall–Kier alpha value is -1.25. The van der Waals surface area contributed by atoms with E-state index in [4.69, 9.17) is 21.1 Å². The zero-order valence-electron chi connectivity index (χ0n) is 14.7. The second-order valence-corrected chi connectivity index (χ2v) is 7.57. The summed E-state index contributed by atoms with van der Waals surface area (Å²) < 4.78 is 27.0. The van der Waals surface area contributed by atoms with Gasteiger partial charge in [0.15, 0.2) is 0 Å². The van der Waals surface area contributed by atoms with Gasteiger partial charge < -0.3 is 9.47 Å². The molecule has 9 heteroatoms. The normalized spacial score (nSPS) is 25.7. The maximum absolute atomic E-state index is 13.4. The number of halogens is 3. The molecular weight excluding hydrogens is 394 g/mol. The van der Waals surface area contributed by atoms with E-state index < -0.39 is 0 Å². The molecule has 4 heterocycles. The highest BCUT2D eigenvalue weighted by molar-refractivity contribution is 6.33. The van der Waals surface area contributed by atoms with Crippen molar-refractivity contribution in [2.45, 2.75) is 37.6 Å². The molecule has 0 radical (unpaired) electrons. The highest BCUT2D eigenvalue weighted by Gasteiger charge is 2.43. The molecule has 27 heavy (non-hydrogen) atoms. The predicted octanol–water partition coefficient (Wildman–Crippen LogP) is 3.09. The molecule has 0 unspecified atom stereocenters. The average Bonchev–Trinajstić information content (AvgIpc) is 3.26. The number of nitrogens with zero attached hydrogens (tertiary/aromatic N) is 4. The van der Waals surface area contributed by atoms with Crippen molar-refractivity contribution in [1.82, 2.24) is 19.9 Å². The molecule has 6 nitrogen and oxygen atoms in total. The minimum absolute atomic E-state index is 0. The zero-order valence-corrected chi connectivity index (χ0v) is 16.3. The molecule has 0 spiro atoms. The maximum atomic E-state index is 13.4. The van der Waals surface area contributed by atoms with E-state index in [1.165, 1.54) is 12.1 Å². The summed E-state index contributed by atoms with van der Waals surface area (Å²) in [4.78, 5) is 2.50. The SMILES string of the molecule is Cl.Fc1ccc(-c2nnn3c2CO[C@H]2CN(C4CCOCC4)C[C@@H]23)c(Cl)c1. The highest BCUT2D eigenvalue weighted by atomic mass is 35.5. The summed E-state index contributed by atoms with van der Waals surface area (Å²) in [6.45, 7) is 3.93. The van der Waals surface area contributed by atoms with E-state index in [0.29, 0.717) is 28.9 Å². The molecule has 3 aliphatic heterocycles. The van der Waals surface area contributed by atoms with Crippen molar-refractivity contribution < 1.29 is 13.9 Å². The summed E-state index contributed by atoms with van der Waals surface area (Å²) in [7, 11) is 0. The van der Waals surface area contributed by atoms with Crippen LogP contribution < -0.4 is 0 Å². The fourth-order valence-electron chi connectivity index (χ4n) is 4.32. The van der Waals surface area contributed by atoms with Crippen LogP contribution in [0, 0.1) is 5.82 Å². The van der Waals surface area contributed by atoms with Crippen molar-refractivity contribution in [2.75, 3.05) is 26.3 Å². The molecular formula is C18H21Cl2FN4O2.